The smallest absolute Gasteiger partial charge is 0.407 e. The molecule has 0 aliphatic heterocycles. The van der Waals surface area contributed by atoms with E-state index in [-0.39, 0.29) is 18.2 Å². The van der Waals surface area contributed by atoms with Gasteiger partial charge < -0.3 is 15.2 Å². The second-order valence-electron chi connectivity index (χ2n) is 13.1. The van der Waals surface area contributed by atoms with Crippen LogP contribution in [-0.2, 0) is 4.74 Å². The molecular weight excluding hydrogens is 410 g/mol. The summed E-state index contributed by atoms with van der Waals surface area (Å²) < 4.78 is 5.82. The van der Waals surface area contributed by atoms with Crippen LogP contribution in [0.5, 0.6) is 0 Å². The monoisotopic (exact) mass is 459 g/mol. The van der Waals surface area contributed by atoms with E-state index in [1.165, 1.54) is 44.9 Å². The van der Waals surface area contributed by atoms with Gasteiger partial charge in [-0.1, -0.05) is 27.4 Å². The molecule has 0 heterocycles. The molecule has 4 aliphatic rings. The average molecular weight is 460 g/mol. The van der Waals surface area contributed by atoms with Gasteiger partial charge in [-0.3, -0.25) is 0 Å². The number of hydrogen-bond acceptors (Lipinski definition) is 3. The fraction of sp³-hybridized carbons (Fsp3) is 0.897. The van der Waals surface area contributed by atoms with Crippen molar-refractivity contribution in [3.63, 3.8) is 0 Å². The summed E-state index contributed by atoms with van der Waals surface area (Å²) in [6.07, 6.45) is 13.1. The highest BCUT2D eigenvalue weighted by molar-refractivity contribution is 5.67. The molecule has 4 heteroatoms. The van der Waals surface area contributed by atoms with Gasteiger partial charge in [0, 0.05) is 12.5 Å². The second-order valence-corrected chi connectivity index (χ2v) is 13.1. The summed E-state index contributed by atoms with van der Waals surface area (Å²) in [5.74, 6) is 5.07. The SMILES string of the molecule is C=C(O)CC[C@@H](C)[C@H]1CC[C@H]2[C@@H]3CC[C@@H]4C[C@H](OC(=O)NC(C)C)CC[C@]4(C)[C@H]3CC[C@]12C. The minimum atomic E-state index is -0.239. The Morgan fingerprint density at radius 1 is 1.03 bits per heavy atom. The number of amides is 1. The van der Waals surface area contributed by atoms with Crippen LogP contribution >= 0.6 is 0 Å². The predicted molar refractivity (Wildman–Crippen MR) is 134 cm³/mol. The molecule has 0 bridgehead atoms. The van der Waals surface area contributed by atoms with Crippen LogP contribution in [0.1, 0.15) is 105 Å². The second kappa shape index (κ2) is 9.46. The van der Waals surface area contributed by atoms with Crippen LogP contribution in [0.25, 0.3) is 0 Å². The van der Waals surface area contributed by atoms with Gasteiger partial charge in [-0.2, -0.15) is 0 Å². The molecule has 4 fully saturated rings. The average Bonchev–Trinajstić information content (AvgIpc) is 3.09. The van der Waals surface area contributed by atoms with E-state index in [0.29, 0.717) is 28.4 Å². The molecule has 188 valence electrons. The normalized spacial score (nSPS) is 43.2. The van der Waals surface area contributed by atoms with E-state index in [1.807, 2.05) is 13.8 Å². The van der Waals surface area contributed by atoms with Crippen LogP contribution < -0.4 is 5.32 Å². The predicted octanol–water partition coefficient (Wildman–Crippen LogP) is 7.64. The van der Waals surface area contributed by atoms with E-state index >= 15 is 0 Å². The summed E-state index contributed by atoms with van der Waals surface area (Å²) >= 11 is 0. The highest BCUT2D eigenvalue weighted by Crippen LogP contribution is 2.68. The van der Waals surface area contributed by atoms with E-state index in [9.17, 15) is 9.90 Å². The Labute approximate surface area is 202 Å². The molecule has 0 spiro atoms. The largest absolute Gasteiger partial charge is 0.513 e. The minimum absolute atomic E-state index is 0.0882. The van der Waals surface area contributed by atoms with Crippen molar-refractivity contribution in [1.82, 2.24) is 5.32 Å². The molecule has 33 heavy (non-hydrogen) atoms. The van der Waals surface area contributed by atoms with Crippen molar-refractivity contribution >= 4 is 6.09 Å². The van der Waals surface area contributed by atoms with Crippen LogP contribution in [0.3, 0.4) is 0 Å². The minimum Gasteiger partial charge on any atom is -0.513 e. The molecule has 4 saturated carbocycles. The molecular formula is C29H49NO3. The van der Waals surface area contributed by atoms with Gasteiger partial charge in [0.1, 0.15) is 6.10 Å². The van der Waals surface area contributed by atoms with E-state index in [2.05, 4.69) is 32.7 Å². The number of carbonyl (C=O) groups excluding carboxylic acids is 1. The van der Waals surface area contributed by atoms with Gasteiger partial charge in [0.2, 0.25) is 0 Å². The van der Waals surface area contributed by atoms with E-state index < -0.39 is 0 Å². The fourth-order valence-electron chi connectivity index (χ4n) is 9.32. The Hall–Kier alpha value is -1.19. The Bertz CT molecular complexity index is 734. The number of rotatable bonds is 6. The standard InChI is InChI=1S/C29H49NO3/c1-18(2)30-27(32)33-22-13-15-28(5)21(17-22)9-10-23-25-12-11-24(19(3)7-8-20(4)31)29(25,6)16-14-26(23)28/h18-19,21-26,31H,4,7-17H2,1-3,5-6H3,(H,30,32)/t19-,21-,22-,23+,24-,25+,26+,28+,29-/m1/s1. The summed E-state index contributed by atoms with van der Waals surface area (Å²) in [6.45, 7) is 15.3. The Morgan fingerprint density at radius 2 is 1.73 bits per heavy atom. The van der Waals surface area contributed by atoms with Crippen molar-refractivity contribution in [3.05, 3.63) is 12.3 Å². The summed E-state index contributed by atoms with van der Waals surface area (Å²) in [5.41, 5.74) is 0.882. The van der Waals surface area contributed by atoms with Gasteiger partial charge in [-0.15, -0.1) is 0 Å². The molecule has 4 nitrogen and oxygen atoms in total. The number of nitrogens with one attached hydrogen (secondary N) is 1. The van der Waals surface area contributed by atoms with Gasteiger partial charge in [0.25, 0.3) is 0 Å². The highest BCUT2D eigenvalue weighted by atomic mass is 16.6. The van der Waals surface area contributed by atoms with Gasteiger partial charge in [-0.05, 0) is 124 Å². The van der Waals surface area contributed by atoms with Crippen molar-refractivity contribution in [2.45, 2.75) is 117 Å². The molecule has 0 saturated heterocycles. The molecule has 0 aromatic rings. The highest BCUT2D eigenvalue weighted by Gasteiger charge is 2.60. The number of aliphatic hydroxyl groups is 1. The Morgan fingerprint density at radius 3 is 2.42 bits per heavy atom. The van der Waals surface area contributed by atoms with Crippen molar-refractivity contribution in [2.75, 3.05) is 0 Å². The first-order valence-corrected chi connectivity index (χ1v) is 13.9. The van der Waals surface area contributed by atoms with Gasteiger partial charge >= 0.3 is 6.09 Å². The first-order chi connectivity index (χ1) is 15.5. The number of carbonyl (C=O) groups is 1. The molecule has 4 rings (SSSR count). The number of fused-ring (bicyclic) bond motifs is 5. The van der Waals surface area contributed by atoms with Crippen LogP contribution in [0.4, 0.5) is 4.79 Å². The molecule has 0 aromatic carbocycles. The topological polar surface area (TPSA) is 58.6 Å². The quantitative estimate of drug-likeness (QED) is 0.401. The van der Waals surface area contributed by atoms with E-state index in [1.54, 1.807) is 0 Å². The van der Waals surface area contributed by atoms with Crippen LogP contribution in [-0.4, -0.2) is 23.3 Å². The summed E-state index contributed by atoms with van der Waals surface area (Å²) in [7, 11) is 0. The molecule has 0 unspecified atom stereocenters. The molecule has 1 amide bonds. The van der Waals surface area contributed by atoms with Crippen molar-refractivity contribution in [1.29, 1.82) is 0 Å². The maximum atomic E-state index is 12.2. The number of aliphatic hydroxyl groups excluding tert-OH is 1. The lowest BCUT2D eigenvalue weighted by Crippen LogP contribution is -2.54. The third-order valence-electron chi connectivity index (χ3n) is 10.9. The van der Waals surface area contributed by atoms with Crippen molar-refractivity contribution < 1.29 is 14.6 Å². The molecule has 0 radical (unpaired) electrons. The van der Waals surface area contributed by atoms with Gasteiger partial charge in [0.15, 0.2) is 0 Å². The Balaban J connectivity index is 1.41. The zero-order valence-electron chi connectivity index (χ0n) is 21.9. The number of alkyl carbamates (subject to hydrolysis) is 1. The van der Waals surface area contributed by atoms with Crippen molar-refractivity contribution in [3.8, 4) is 0 Å². The van der Waals surface area contributed by atoms with Gasteiger partial charge in [-0.25, -0.2) is 4.79 Å². The van der Waals surface area contributed by atoms with E-state index in [4.69, 9.17) is 4.74 Å². The lowest BCUT2D eigenvalue weighted by molar-refractivity contribution is -0.129. The maximum absolute atomic E-state index is 12.2. The molecule has 0 aromatic heterocycles. The Kier molecular flexibility index (Phi) is 7.14. The molecule has 4 aliphatic carbocycles. The first-order valence-electron chi connectivity index (χ1n) is 13.9. The number of hydrogen-bond donors (Lipinski definition) is 2. The summed E-state index contributed by atoms with van der Waals surface area (Å²) in [4.78, 5) is 12.2. The number of ether oxygens (including phenoxy) is 1. The van der Waals surface area contributed by atoms with Crippen molar-refractivity contribution in [2.24, 2.45) is 46.3 Å². The van der Waals surface area contributed by atoms with Crippen LogP contribution in [0.15, 0.2) is 12.3 Å². The zero-order chi connectivity index (χ0) is 24.0. The third-order valence-corrected chi connectivity index (χ3v) is 10.9. The van der Waals surface area contributed by atoms with Gasteiger partial charge in [0.05, 0.1) is 5.76 Å². The zero-order valence-corrected chi connectivity index (χ0v) is 21.9. The van der Waals surface area contributed by atoms with Crippen LogP contribution in [0.2, 0.25) is 0 Å². The third kappa shape index (κ3) is 4.69. The first kappa shape index (κ1) is 24.9. The summed E-state index contributed by atoms with van der Waals surface area (Å²) in [5, 5.41) is 12.5. The lowest BCUT2D eigenvalue weighted by Gasteiger charge is -2.61. The fourth-order valence-corrected chi connectivity index (χ4v) is 9.32. The molecule has 2 N–H and O–H groups in total. The lowest BCUT2D eigenvalue weighted by atomic mass is 9.44. The molecule has 9 atom stereocenters. The van der Waals surface area contributed by atoms with E-state index in [0.717, 1.165) is 49.4 Å². The number of allylic oxidation sites excluding steroid dienone is 1. The van der Waals surface area contributed by atoms with Crippen LogP contribution in [0, 0.1) is 46.3 Å². The summed E-state index contributed by atoms with van der Waals surface area (Å²) in [6, 6.07) is 0.124. The maximum Gasteiger partial charge on any atom is 0.407 e.